The first-order chi connectivity index (χ1) is 27.2. The summed E-state index contributed by atoms with van der Waals surface area (Å²) in [6.07, 6.45) is 5.65. The lowest BCUT2D eigenvalue weighted by Crippen LogP contribution is -2.37. The van der Waals surface area contributed by atoms with Crippen molar-refractivity contribution in [3.8, 4) is 11.5 Å². The Morgan fingerprint density at radius 1 is 0.649 bits per heavy atom. The number of esters is 2. The van der Waals surface area contributed by atoms with Gasteiger partial charge in [0.15, 0.2) is 0 Å². The highest BCUT2D eigenvalue weighted by Crippen LogP contribution is 2.42. The number of anilines is 2. The molecular weight excluding hydrogens is 740 g/mol. The molecule has 57 heavy (non-hydrogen) atoms. The highest BCUT2D eigenvalue weighted by Gasteiger charge is 2.44. The molecule has 0 saturated heterocycles. The fraction of sp³-hybridized carbons (Fsp3) is 0.467. The Hall–Kier alpha value is -5.00. The Labute approximate surface area is 332 Å². The second kappa shape index (κ2) is 19.9. The van der Waals surface area contributed by atoms with Crippen LogP contribution in [-0.2, 0) is 19.1 Å². The van der Waals surface area contributed by atoms with Crippen LogP contribution in [0.25, 0.3) is 12.2 Å². The van der Waals surface area contributed by atoms with Crippen molar-refractivity contribution in [1.82, 2.24) is 0 Å². The molecule has 308 valence electrons. The molecular formula is C45H54F4N2O6. The number of carbonyl (C=O) groups is 2. The van der Waals surface area contributed by atoms with Crippen LogP contribution in [0.2, 0.25) is 0 Å². The van der Waals surface area contributed by atoms with Crippen molar-refractivity contribution in [3.63, 3.8) is 0 Å². The van der Waals surface area contributed by atoms with E-state index in [0.29, 0.717) is 65.6 Å². The quantitative estimate of drug-likeness (QED) is 0.0599. The predicted molar refractivity (Wildman–Crippen MR) is 214 cm³/mol. The third kappa shape index (κ3) is 12.8. The Morgan fingerprint density at radius 3 is 1.42 bits per heavy atom. The predicted octanol–water partition coefficient (Wildman–Crippen LogP) is 10.8. The van der Waals surface area contributed by atoms with E-state index in [1.165, 1.54) is 48.6 Å². The normalized spacial score (nSPS) is 20.9. The third-order valence-electron chi connectivity index (χ3n) is 11.3. The van der Waals surface area contributed by atoms with Crippen molar-refractivity contribution in [2.45, 2.75) is 96.2 Å². The minimum absolute atomic E-state index is 0.0376. The zero-order chi connectivity index (χ0) is 41.0. The Morgan fingerprint density at radius 2 is 1.05 bits per heavy atom. The zero-order valence-corrected chi connectivity index (χ0v) is 32.6. The molecule has 0 heterocycles. The van der Waals surface area contributed by atoms with Gasteiger partial charge in [-0.15, -0.1) is 0 Å². The molecule has 5 rings (SSSR count). The second-order valence-corrected chi connectivity index (χ2v) is 15.2. The number of halogens is 4. The van der Waals surface area contributed by atoms with E-state index >= 15 is 0 Å². The van der Waals surface area contributed by atoms with Crippen molar-refractivity contribution in [3.05, 3.63) is 95.6 Å². The van der Waals surface area contributed by atoms with E-state index in [1.807, 2.05) is 0 Å². The molecule has 2 saturated carbocycles. The van der Waals surface area contributed by atoms with E-state index in [9.17, 15) is 27.2 Å². The third-order valence-corrected chi connectivity index (χ3v) is 11.3. The highest BCUT2D eigenvalue weighted by molar-refractivity contribution is 5.87. The number of ether oxygens (including phenoxy) is 4. The van der Waals surface area contributed by atoms with Gasteiger partial charge in [-0.2, -0.15) is 17.6 Å². The summed E-state index contributed by atoms with van der Waals surface area (Å²) in [7, 11) is 0. The molecule has 3 aromatic rings. The Kier molecular flexibility index (Phi) is 15.1. The summed E-state index contributed by atoms with van der Waals surface area (Å²) >= 11 is 0. The molecule has 0 unspecified atom stereocenters. The van der Waals surface area contributed by atoms with E-state index in [-0.39, 0.29) is 24.7 Å². The van der Waals surface area contributed by atoms with E-state index < -0.39 is 41.9 Å². The first kappa shape index (κ1) is 43.1. The number of carbonyl (C=O) groups excluding carboxylic acids is 2. The molecule has 0 amide bonds. The lowest BCUT2D eigenvalue weighted by molar-refractivity contribution is -0.224. The molecule has 12 heteroatoms. The van der Waals surface area contributed by atoms with Gasteiger partial charge >= 0.3 is 24.2 Å². The first-order valence-electron chi connectivity index (χ1n) is 19.9. The number of nitrogens with two attached hydrogens (primary N) is 2. The summed E-state index contributed by atoms with van der Waals surface area (Å²) in [5.41, 5.74) is 14.5. The summed E-state index contributed by atoms with van der Waals surface area (Å²) in [5, 5.41) is 0. The van der Waals surface area contributed by atoms with Crippen LogP contribution in [0.15, 0.2) is 78.9 Å². The van der Waals surface area contributed by atoms with Gasteiger partial charge in [0.25, 0.3) is 0 Å². The second-order valence-electron chi connectivity index (χ2n) is 15.2. The van der Waals surface area contributed by atoms with Crippen molar-refractivity contribution >= 4 is 35.5 Å². The van der Waals surface area contributed by atoms with Gasteiger partial charge in [-0.25, -0.2) is 9.59 Å². The fourth-order valence-electron chi connectivity index (χ4n) is 7.57. The molecule has 2 fully saturated rings. The standard InChI is InChI=1S/C45H54F4N2O6/c1-3-30-5-15-35(16-6-30)44(46,47)56-38-20-9-32(10-21-38)13-25-42(52)54-28-34(40-24-19-37(50)27-41(40)51)29-55-43(53)26-14-33-11-22-39(23-12-33)57-45(48,49)36-17-7-31(4-2)8-18-36/h9-14,19-27,30-31,34-36H,3-8,15-18,28-29,50-51H2,1-2H3/b25-13+,26-14+. The van der Waals surface area contributed by atoms with Crippen molar-refractivity contribution < 1.29 is 46.1 Å². The summed E-state index contributed by atoms with van der Waals surface area (Å²) in [5.74, 6) is -2.61. The van der Waals surface area contributed by atoms with Crippen LogP contribution in [0.4, 0.5) is 28.9 Å². The van der Waals surface area contributed by atoms with Gasteiger partial charge in [0, 0.05) is 23.5 Å². The minimum atomic E-state index is -3.27. The number of nitrogen functional groups attached to an aromatic ring is 2. The van der Waals surface area contributed by atoms with Gasteiger partial charge in [0.2, 0.25) is 0 Å². The monoisotopic (exact) mass is 794 g/mol. The van der Waals surface area contributed by atoms with Crippen molar-refractivity contribution in [2.75, 3.05) is 24.7 Å². The number of alkyl halides is 4. The summed E-state index contributed by atoms with van der Waals surface area (Å²) in [6, 6.07) is 16.8. The number of rotatable bonds is 17. The van der Waals surface area contributed by atoms with E-state index in [0.717, 1.165) is 38.5 Å². The number of hydrogen-bond donors (Lipinski definition) is 2. The molecule has 0 spiro atoms. The average Bonchev–Trinajstić information content (AvgIpc) is 3.20. The maximum atomic E-state index is 14.9. The maximum absolute atomic E-state index is 14.9. The smallest absolute Gasteiger partial charge is 0.400 e. The molecule has 0 aliphatic heterocycles. The van der Waals surface area contributed by atoms with Crippen molar-refractivity contribution in [2.24, 2.45) is 23.7 Å². The zero-order valence-electron chi connectivity index (χ0n) is 32.6. The highest BCUT2D eigenvalue weighted by atomic mass is 19.3. The van der Waals surface area contributed by atoms with Gasteiger partial charge in [0.1, 0.15) is 24.7 Å². The van der Waals surface area contributed by atoms with Crippen molar-refractivity contribution in [1.29, 1.82) is 0 Å². The molecule has 4 N–H and O–H groups in total. The fourth-order valence-corrected chi connectivity index (χ4v) is 7.57. The van der Waals surface area contributed by atoms with Crippen LogP contribution in [-0.4, -0.2) is 37.4 Å². The topological polar surface area (TPSA) is 123 Å². The summed E-state index contributed by atoms with van der Waals surface area (Å²) in [6.45, 7) is 3.78. The van der Waals surface area contributed by atoms with Crippen LogP contribution >= 0.6 is 0 Å². The molecule has 3 aromatic carbocycles. The molecule has 0 radical (unpaired) electrons. The van der Waals surface area contributed by atoms with Crippen LogP contribution in [0, 0.1) is 23.7 Å². The molecule has 0 aromatic heterocycles. The first-order valence-corrected chi connectivity index (χ1v) is 19.9. The molecule has 0 atom stereocenters. The van der Waals surface area contributed by atoms with Gasteiger partial charge in [-0.1, -0.05) is 57.0 Å². The number of hydrogen-bond acceptors (Lipinski definition) is 8. The Bertz CT molecular complexity index is 1710. The lowest BCUT2D eigenvalue weighted by Gasteiger charge is -2.32. The van der Waals surface area contributed by atoms with E-state index in [2.05, 4.69) is 13.8 Å². The van der Waals surface area contributed by atoms with Crippen LogP contribution in [0.5, 0.6) is 11.5 Å². The van der Waals surface area contributed by atoms with Crippen LogP contribution in [0.1, 0.15) is 101 Å². The maximum Gasteiger partial charge on any atom is 0.400 e. The molecule has 2 aliphatic carbocycles. The molecule has 0 bridgehead atoms. The SMILES string of the molecule is CCC1CCC(C(F)(F)Oc2ccc(/C=C/C(=O)OCC(COC(=O)/C=C/c3ccc(OC(F)(F)C4CCC(CC)CC4)cc3)c3ccc(N)cc3N)cc2)CC1. The lowest BCUT2D eigenvalue weighted by atomic mass is 9.80. The van der Waals surface area contributed by atoms with Gasteiger partial charge in [0.05, 0.1) is 17.8 Å². The molecule has 2 aliphatic rings. The van der Waals surface area contributed by atoms with E-state index in [1.54, 1.807) is 42.5 Å². The Balaban J connectivity index is 1.11. The summed E-state index contributed by atoms with van der Waals surface area (Å²) < 4.78 is 80.6. The summed E-state index contributed by atoms with van der Waals surface area (Å²) in [4.78, 5) is 25.4. The van der Waals surface area contributed by atoms with Gasteiger partial charge in [-0.05, 0) is 128 Å². The van der Waals surface area contributed by atoms with Gasteiger partial charge < -0.3 is 30.4 Å². The van der Waals surface area contributed by atoms with Gasteiger partial charge in [-0.3, -0.25) is 0 Å². The molecule has 8 nitrogen and oxygen atoms in total. The largest absolute Gasteiger partial charge is 0.462 e. The average molecular weight is 795 g/mol. The van der Waals surface area contributed by atoms with Crippen LogP contribution < -0.4 is 20.9 Å². The minimum Gasteiger partial charge on any atom is -0.462 e. The van der Waals surface area contributed by atoms with Crippen LogP contribution in [0.3, 0.4) is 0 Å². The number of benzene rings is 3. The van der Waals surface area contributed by atoms with E-state index in [4.69, 9.17) is 30.4 Å².